The van der Waals surface area contributed by atoms with E-state index in [0.717, 1.165) is 18.4 Å². The van der Waals surface area contributed by atoms with Crippen LogP contribution in [0.15, 0.2) is 23.1 Å². The lowest BCUT2D eigenvalue weighted by atomic mass is 10.1. The number of fused-ring (bicyclic) bond motifs is 1. The zero-order chi connectivity index (χ0) is 13.9. The summed E-state index contributed by atoms with van der Waals surface area (Å²) in [5, 5.41) is 0. The molecule has 19 heavy (non-hydrogen) atoms. The highest BCUT2D eigenvalue weighted by atomic mass is 32.2. The van der Waals surface area contributed by atoms with Gasteiger partial charge in [0.05, 0.1) is 18.0 Å². The van der Waals surface area contributed by atoms with Gasteiger partial charge in [-0.3, -0.25) is 0 Å². The van der Waals surface area contributed by atoms with Crippen molar-refractivity contribution in [1.82, 2.24) is 4.89 Å². The van der Waals surface area contributed by atoms with Crippen LogP contribution in [0.4, 0.5) is 0 Å². The number of sulfonamides is 1. The molecular formula is C11H14N2O5S. The van der Waals surface area contributed by atoms with Crippen LogP contribution in [0, 0.1) is 0 Å². The van der Waals surface area contributed by atoms with E-state index in [0.29, 0.717) is 12.4 Å². The van der Waals surface area contributed by atoms with E-state index in [1.54, 1.807) is 11.0 Å². The summed E-state index contributed by atoms with van der Waals surface area (Å²) < 4.78 is 29.1. The van der Waals surface area contributed by atoms with E-state index in [2.05, 4.69) is 4.84 Å². The van der Waals surface area contributed by atoms with Gasteiger partial charge in [0.15, 0.2) is 0 Å². The fourth-order valence-electron chi connectivity index (χ4n) is 1.70. The molecule has 0 spiro atoms. The minimum Gasteiger partial charge on any atom is -0.493 e. The molecule has 0 aliphatic carbocycles. The average Bonchev–Trinajstić information content (AvgIpc) is 2.44. The van der Waals surface area contributed by atoms with E-state index in [4.69, 9.17) is 10.5 Å². The molecule has 0 amide bonds. The summed E-state index contributed by atoms with van der Waals surface area (Å²) in [7, 11) is -3.90. The van der Waals surface area contributed by atoms with Crippen molar-refractivity contribution in [3.8, 4) is 5.75 Å². The average molecular weight is 286 g/mol. The number of nitrogens with one attached hydrogen (secondary N) is 1. The lowest BCUT2D eigenvalue weighted by molar-refractivity contribution is -0.145. The highest BCUT2D eigenvalue weighted by Gasteiger charge is 2.19. The third kappa shape index (κ3) is 3.22. The van der Waals surface area contributed by atoms with Crippen LogP contribution < -0.4 is 15.4 Å². The third-order valence-electron chi connectivity index (χ3n) is 2.62. The first-order valence-electron chi connectivity index (χ1n) is 5.70. The molecule has 0 aromatic heterocycles. The first-order valence-corrected chi connectivity index (χ1v) is 7.18. The van der Waals surface area contributed by atoms with Gasteiger partial charge in [0.25, 0.3) is 10.0 Å². The SMILES string of the molecule is NCC(=O)ONS(=O)(=O)c1ccc2c(c1)CCCO2. The van der Waals surface area contributed by atoms with Crippen molar-refractivity contribution >= 4 is 16.0 Å². The smallest absolute Gasteiger partial charge is 0.339 e. The molecular weight excluding hydrogens is 272 g/mol. The molecule has 0 bridgehead atoms. The molecule has 0 saturated carbocycles. The van der Waals surface area contributed by atoms with Crippen LogP contribution >= 0.6 is 0 Å². The Morgan fingerprint density at radius 2 is 2.26 bits per heavy atom. The molecule has 0 atom stereocenters. The Hall–Kier alpha value is -1.64. The van der Waals surface area contributed by atoms with Crippen molar-refractivity contribution in [1.29, 1.82) is 0 Å². The van der Waals surface area contributed by atoms with Crippen LogP contribution in [0.1, 0.15) is 12.0 Å². The van der Waals surface area contributed by atoms with Crippen LogP contribution in [0.25, 0.3) is 0 Å². The number of nitrogens with two attached hydrogens (primary N) is 1. The summed E-state index contributed by atoms with van der Waals surface area (Å²) in [6.45, 7) is 0.228. The molecule has 1 aliphatic heterocycles. The van der Waals surface area contributed by atoms with Crippen LogP contribution in [0.3, 0.4) is 0 Å². The second-order valence-electron chi connectivity index (χ2n) is 3.99. The van der Waals surface area contributed by atoms with Crippen LogP contribution in [0.5, 0.6) is 5.75 Å². The molecule has 0 radical (unpaired) electrons. The number of ether oxygens (including phenoxy) is 1. The Morgan fingerprint density at radius 3 is 3.00 bits per heavy atom. The lowest BCUT2D eigenvalue weighted by Crippen LogP contribution is -2.30. The summed E-state index contributed by atoms with van der Waals surface area (Å²) in [4.78, 5) is 16.9. The Kier molecular flexibility index (Phi) is 4.03. The molecule has 0 unspecified atom stereocenters. The molecule has 1 heterocycles. The van der Waals surface area contributed by atoms with Gasteiger partial charge in [-0.2, -0.15) is 0 Å². The van der Waals surface area contributed by atoms with E-state index in [9.17, 15) is 13.2 Å². The van der Waals surface area contributed by atoms with E-state index >= 15 is 0 Å². The minimum atomic E-state index is -3.90. The normalized spacial score (nSPS) is 14.4. The van der Waals surface area contributed by atoms with Gasteiger partial charge in [-0.25, -0.2) is 13.2 Å². The summed E-state index contributed by atoms with van der Waals surface area (Å²) >= 11 is 0. The van der Waals surface area contributed by atoms with Crippen molar-refractivity contribution in [2.45, 2.75) is 17.7 Å². The van der Waals surface area contributed by atoms with Crippen molar-refractivity contribution in [2.75, 3.05) is 13.2 Å². The van der Waals surface area contributed by atoms with Crippen molar-refractivity contribution in [3.05, 3.63) is 23.8 Å². The maximum atomic E-state index is 11.9. The first-order chi connectivity index (χ1) is 9.03. The summed E-state index contributed by atoms with van der Waals surface area (Å²) in [6.07, 6.45) is 1.59. The molecule has 2 rings (SSSR count). The third-order valence-corrected chi connectivity index (χ3v) is 3.80. The second-order valence-corrected chi connectivity index (χ2v) is 5.63. The summed E-state index contributed by atoms with van der Waals surface area (Å²) in [6, 6.07) is 4.49. The molecule has 1 aromatic carbocycles. The standard InChI is InChI=1S/C11H14N2O5S/c12-7-11(14)18-13-19(15,16)9-3-4-10-8(6-9)2-1-5-17-10/h3-4,6,13H,1-2,5,7,12H2. The van der Waals surface area contributed by atoms with E-state index in [-0.39, 0.29) is 4.90 Å². The number of hydrogen-bond donors (Lipinski definition) is 2. The molecule has 0 saturated heterocycles. The number of aryl methyl sites for hydroxylation is 1. The highest BCUT2D eigenvalue weighted by molar-refractivity contribution is 7.89. The molecule has 1 aliphatic rings. The molecule has 8 heteroatoms. The quantitative estimate of drug-likeness (QED) is 0.736. The van der Waals surface area contributed by atoms with Gasteiger partial charge in [-0.15, -0.1) is 0 Å². The Morgan fingerprint density at radius 1 is 1.47 bits per heavy atom. The topological polar surface area (TPSA) is 108 Å². The summed E-state index contributed by atoms with van der Waals surface area (Å²) in [5.41, 5.74) is 5.82. The Labute approximate surface area is 110 Å². The molecule has 1 aromatic rings. The van der Waals surface area contributed by atoms with Crippen LogP contribution in [-0.4, -0.2) is 27.5 Å². The van der Waals surface area contributed by atoms with Gasteiger partial charge in [0, 0.05) is 0 Å². The van der Waals surface area contributed by atoms with Crippen molar-refractivity contribution in [3.63, 3.8) is 0 Å². The van der Waals surface area contributed by atoms with Crippen molar-refractivity contribution < 1.29 is 22.8 Å². The molecule has 7 nitrogen and oxygen atoms in total. The zero-order valence-electron chi connectivity index (χ0n) is 10.1. The number of rotatable bonds is 4. The number of hydrogen-bond acceptors (Lipinski definition) is 6. The van der Waals surface area contributed by atoms with Gasteiger partial charge in [-0.1, -0.05) is 0 Å². The molecule has 104 valence electrons. The predicted octanol–water partition coefficient (Wildman–Crippen LogP) is -0.293. The predicted molar refractivity (Wildman–Crippen MR) is 65.7 cm³/mol. The number of carbonyl (C=O) groups excluding carboxylic acids is 1. The maximum absolute atomic E-state index is 11.9. The van der Waals surface area contributed by atoms with Gasteiger partial charge < -0.3 is 15.3 Å². The monoisotopic (exact) mass is 286 g/mol. The number of benzene rings is 1. The van der Waals surface area contributed by atoms with Crippen LogP contribution in [-0.2, 0) is 26.1 Å². The largest absolute Gasteiger partial charge is 0.493 e. The molecule has 0 fully saturated rings. The zero-order valence-corrected chi connectivity index (χ0v) is 10.9. The maximum Gasteiger partial charge on any atom is 0.339 e. The van der Waals surface area contributed by atoms with E-state index < -0.39 is 22.5 Å². The fraction of sp³-hybridized carbons (Fsp3) is 0.364. The first kappa shape index (κ1) is 13.8. The summed E-state index contributed by atoms with van der Waals surface area (Å²) in [5.74, 6) is -0.172. The van der Waals surface area contributed by atoms with Gasteiger partial charge in [0.1, 0.15) is 5.75 Å². The van der Waals surface area contributed by atoms with E-state index in [1.807, 2.05) is 0 Å². The van der Waals surface area contributed by atoms with E-state index in [1.165, 1.54) is 12.1 Å². The fourth-order valence-corrected chi connectivity index (χ4v) is 2.54. The van der Waals surface area contributed by atoms with Gasteiger partial charge >= 0.3 is 5.97 Å². The second kappa shape index (κ2) is 5.55. The highest BCUT2D eigenvalue weighted by Crippen LogP contribution is 2.27. The van der Waals surface area contributed by atoms with Gasteiger partial charge in [0.2, 0.25) is 0 Å². The minimum absolute atomic E-state index is 0.0153. The van der Waals surface area contributed by atoms with Crippen molar-refractivity contribution in [2.24, 2.45) is 5.73 Å². The van der Waals surface area contributed by atoms with Crippen LogP contribution in [0.2, 0.25) is 0 Å². The number of carbonyl (C=O) groups is 1. The Balaban J connectivity index is 2.18. The molecule has 3 N–H and O–H groups in total. The lowest BCUT2D eigenvalue weighted by Gasteiger charge is -2.17. The van der Waals surface area contributed by atoms with Gasteiger partial charge in [-0.05, 0) is 41.5 Å². The Bertz CT molecular complexity index is 585.